The molecule has 0 aliphatic heterocycles. The summed E-state index contributed by atoms with van der Waals surface area (Å²) in [6.07, 6.45) is 1.50. The molecule has 0 spiro atoms. The number of esters is 1. The van der Waals surface area contributed by atoms with Gasteiger partial charge in [-0.1, -0.05) is 11.6 Å². The SMILES string of the molecule is CN(CC(=O)NCc1ccco1)C(=O)COC(=O)c1cc(Cl)ccc1N. The third-order valence-electron chi connectivity index (χ3n) is 3.41. The number of halogens is 1. The number of nitrogens with two attached hydrogens (primary N) is 1. The molecular formula is C17H18ClN3O5. The normalized spacial score (nSPS) is 10.2. The van der Waals surface area contributed by atoms with Crippen LogP contribution in [0, 0.1) is 0 Å². The molecule has 0 bridgehead atoms. The smallest absolute Gasteiger partial charge is 0.340 e. The Morgan fingerprint density at radius 3 is 2.77 bits per heavy atom. The minimum Gasteiger partial charge on any atom is -0.467 e. The molecule has 0 saturated carbocycles. The number of rotatable bonds is 7. The van der Waals surface area contributed by atoms with E-state index in [9.17, 15) is 14.4 Å². The number of furan rings is 1. The quantitative estimate of drug-likeness (QED) is 0.555. The highest BCUT2D eigenvalue weighted by atomic mass is 35.5. The lowest BCUT2D eigenvalue weighted by atomic mass is 10.2. The van der Waals surface area contributed by atoms with Crippen molar-refractivity contribution in [2.45, 2.75) is 6.54 Å². The zero-order valence-electron chi connectivity index (χ0n) is 14.0. The standard InChI is InChI=1S/C17H18ClN3O5/c1-21(9-15(22)20-8-12-3-2-6-25-12)16(23)10-26-17(24)13-7-11(18)4-5-14(13)19/h2-7H,8-10,19H2,1H3,(H,20,22). The molecule has 0 saturated heterocycles. The molecule has 8 nitrogen and oxygen atoms in total. The highest BCUT2D eigenvalue weighted by Gasteiger charge is 2.17. The average molecular weight is 380 g/mol. The predicted octanol–water partition coefficient (Wildman–Crippen LogP) is 1.45. The van der Waals surface area contributed by atoms with Crippen LogP contribution in [0.25, 0.3) is 0 Å². The Hall–Kier alpha value is -3.00. The molecular weight excluding hydrogens is 362 g/mol. The van der Waals surface area contributed by atoms with Gasteiger partial charge in [-0.2, -0.15) is 0 Å². The summed E-state index contributed by atoms with van der Waals surface area (Å²) in [6, 6.07) is 7.79. The third kappa shape index (κ3) is 5.52. The number of nitrogens with zero attached hydrogens (tertiary/aromatic N) is 1. The first-order valence-electron chi connectivity index (χ1n) is 7.62. The summed E-state index contributed by atoms with van der Waals surface area (Å²) in [6.45, 7) is -0.486. The Morgan fingerprint density at radius 2 is 2.08 bits per heavy atom. The van der Waals surface area contributed by atoms with Crippen LogP contribution in [0.5, 0.6) is 0 Å². The van der Waals surface area contributed by atoms with Gasteiger partial charge in [0.25, 0.3) is 5.91 Å². The van der Waals surface area contributed by atoms with Gasteiger partial charge < -0.3 is 25.1 Å². The van der Waals surface area contributed by atoms with Gasteiger partial charge in [-0.25, -0.2) is 4.79 Å². The van der Waals surface area contributed by atoms with E-state index in [0.717, 1.165) is 4.90 Å². The van der Waals surface area contributed by atoms with Crippen LogP contribution in [0.15, 0.2) is 41.0 Å². The fourth-order valence-electron chi connectivity index (χ4n) is 1.98. The highest BCUT2D eigenvalue weighted by molar-refractivity contribution is 6.31. The molecule has 3 N–H and O–H groups in total. The van der Waals surface area contributed by atoms with Crippen molar-refractivity contribution in [3.63, 3.8) is 0 Å². The molecule has 0 aliphatic rings. The molecule has 1 heterocycles. The Balaban J connectivity index is 1.78. The van der Waals surface area contributed by atoms with Gasteiger partial charge in [0.1, 0.15) is 5.76 Å². The summed E-state index contributed by atoms with van der Waals surface area (Å²) in [5.74, 6) is -1.08. The van der Waals surface area contributed by atoms with E-state index in [4.69, 9.17) is 26.5 Å². The second-order valence-corrected chi connectivity index (χ2v) is 5.85. The second-order valence-electron chi connectivity index (χ2n) is 5.41. The first-order chi connectivity index (χ1) is 12.4. The zero-order chi connectivity index (χ0) is 19.1. The lowest BCUT2D eigenvalue weighted by molar-refractivity contribution is -0.137. The van der Waals surface area contributed by atoms with Crippen LogP contribution in [-0.2, 0) is 20.9 Å². The molecule has 26 heavy (non-hydrogen) atoms. The maximum atomic E-state index is 12.0. The number of nitrogens with one attached hydrogen (secondary N) is 1. The molecule has 0 radical (unpaired) electrons. The predicted molar refractivity (Wildman–Crippen MR) is 94.3 cm³/mol. The van der Waals surface area contributed by atoms with E-state index < -0.39 is 18.5 Å². The van der Waals surface area contributed by atoms with Crippen molar-refractivity contribution in [3.8, 4) is 0 Å². The van der Waals surface area contributed by atoms with Crippen molar-refractivity contribution < 1.29 is 23.5 Å². The fourth-order valence-corrected chi connectivity index (χ4v) is 2.15. The van der Waals surface area contributed by atoms with E-state index in [0.29, 0.717) is 10.8 Å². The molecule has 138 valence electrons. The first-order valence-corrected chi connectivity index (χ1v) is 8.00. The summed E-state index contributed by atoms with van der Waals surface area (Å²) in [4.78, 5) is 36.9. The first kappa shape index (κ1) is 19.3. The molecule has 0 unspecified atom stereocenters. The van der Waals surface area contributed by atoms with Crippen LogP contribution in [-0.4, -0.2) is 42.9 Å². The fraction of sp³-hybridized carbons (Fsp3) is 0.235. The Morgan fingerprint density at radius 1 is 1.31 bits per heavy atom. The van der Waals surface area contributed by atoms with E-state index in [-0.39, 0.29) is 30.2 Å². The largest absolute Gasteiger partial charge is 0.467 e. The molecule has 9 heteroatoms. The molecule has 1 aromatic carbocycles. The highest BCUT2D eigenvalue weighted by Crippen LogP contribution is 2.18. The van der Waals surface area contributed by atoms with Gasteiger partial charge in [0.05, 0.1) is 24.9 Å². The van der Waals surface area contributed by atoms with E-state index in [1.807, 2.05) is 0 Å². The van der Waals surface area contributed by atoms with Crippen molar-refractivity contribution in [1.82, 2.24) is 10.2 Å². The Labute approximate surface area is 154 Å². The Kier molecular flexibility index (Phi) is 6.62. The maximum absolute atomic E-state index is 12.0. The van der Waals surface area contributed by atoms with E-state index in [1.165, 1.54) is 31.5 Å². The maximum Gasteiger partial charge on any atom is 0.340 e. The van der Waals surface area contributed by atoms with Gasteiger partial charge in [0.2, 0.25) is 5.91 Å². The number of carbonyl (C=O) groups is 3. The number of benzene rings is 1. The lowest BCUT2D eigenvalue weighted by Crippen LogP contribution is -2.39. The minimum atomic E-state index is -0.769. The van der Waals surface area contributed by atoms with Crippen LogP contribution >= 0.6 is 11.6 Å². The van der Waals surface area contributed by atoms with Crippen LogP contribution < -0.4 is 11.1 Å². The second kappa shape index (κ2) is 8.91. The van der Waals surface area contributed by atoms with Crippen molar-refractivity contribution in [1.29, 1.82) is 0 Å². The van der Waals surface area contributed by atoms with Crippen LogP contribution in [0.4, 0.5) is 5.69 Å². The van der Waals surface area contributed by atoms with Crippen LogP contribution in [0.1, 0.15) is 16.1 Å². The number of hydrogen-bond acceptors (Lipinski definition) is 6. The molecule has 0 atom stereocenters. The van der Waals surface area contributed by atoms with Gasteiger partial charge in [0.15, 0.2) is 6.61 Å². The van der Waals surface area contributed by atoms with E-state index in [1.54, 1.807) is 12.1 Å². The number of hydrogen-bond donors (Lipinski definition) is 2. The van der Waals surface area contributed by atoms with Crippen molar-refractivity contribution >= 4 is 35.1 Å². The third-order valence-corrected chi connectivity index (χ3v) is 3.64. The Bertz CT molecular complexity index is 792. The number of likely N-dealkylation sites (N-methyl/N-ethyl adjacent to an activating group) is 1. The number of carbonyl (C=O) groups excluding carboxylic acids is 3. The van der Waals surface area contributed by atoms with Crippen LogP contribution in [0.3, 0.4) is 0 Å². The number of amides is 2. The summed E-state index contributed by atoms with van der Waals surface area (Å²) in [5.41, 5.74) is 5.95. The van der Waals surface area contributed by atoms with Crippen LogP contribution in [0.2, 0.25) is 5.02 Å². The molecule has 2 amide bonds. The van der Waals surface area contributed by atoms with Gasteiger partial charge in [-0.15, -0.1) is 0 Å². The van der Waals surface area contributed by atoms with Gasteiger partial charge in [-0.3, -0.25) is 9.59 Å². The van der Waals surface area contributed by atoms with E-state index in [2.05, 4.69) is 5.32 Å². The average Bonchev–Trinajstić information content (AvgIpc) is 3.13. The zero-order valence-corrected chi connectivity index (χ0v) is 14.8. The number of ether oxygens (including phenoxy) is 1. The topological polar surface area (TPSA) is 115 Å². The molecule has 1 aromatic heterocycles. The monoisotopic (exact) mass is 379 g/mol. The summed E-state index contributed by atoms with van der Waals surface area (Å²) < 4.78 is 10.0. The number of anilines is 1. The molecule has 0 fully saturated rings. The van der Waals surface area contributed by atoms with Crippen molar-refractivity contribution in [3.05, 3.63) is 52.9 Å². The van der Waals surface area contributed by atoms with Crippen molar-refractivity contribution in [2.24, 2.45) is 0 Å². The summed E-state index contributed by atoms with van der Waals surface area (Å²) in [7, 11) is 1.43. The summed E-state index contributed by atoms with van der Waals surface area (Å²) >= 11 is 5.81. The molecule has 2 rings (SSSR count). The summed E-state index contributed by atoms with van der Waals surface area (Å²) in [5, 5.41) is 2.93. The molecule has 0 aliphatic carbocycles. The number of nitrogen functional groups attached to an aromatic ring is 1. The lowest BCUT2D eigenvalue weighted by Gasteiger charge is -2.16. The minimum absolute atomic E-state index is 0.0733. The van der Waals surface area contributed by atoms with Gasteiger partial charge >= 0.3 is 5.97 Å². The van der Waals surface area contributed by atoms with Crippen molar-refractivity contribution in [2.75, 3.05) is 25.9 Å². The van der Waals surface area contributed by atoms with Gasteiger partial charge in [-0.05, 0) is 30.3 Å². The molecule has 2 aromatic rings. The van der Waals surface area contributed by atoms with Gasteiger partial charge in [0, 0.05) is 17.8 Å². The van der Waals surface area contributed by atoms with E-state index >= 15 is 0 Å².